The molecule has 0 bridgehead atoms. The number of nitrogens with zero attached hydrogens (tertiary/aromatic N) is 4. The maximum Gasteiger partial charge on any atom is 0.107 e. The molecule has 0 unspecified atom stereocenters. The number of likely N-dealkylation sites (N-methyl/N-ethyl adjacent to an activating group) is 1. The molecule has 3 saturated heterocycles. The molecule has 0 saturated carbocycles. The molecule has 22 heavy (non-hydrogen) atoms. The van der Waals surface area contributed by atoms with Crippen LogP contribution in [0.5, 0.6) is 0 Å². The van der Waals surface area contributed by atoms with E-state index < -0.39 is 0 Å². The number of fused-ring (bicyclic) bond motifs is 1. The number of ether oxygens (including phenoxy) is 1. The molecule has 0 aromatic carbocycles. The third-order valence-electron chi connectivity index (χ3n) is 5.43. The van der Waals surface area contributed by atoms with Gasteiger partial charge in [0.25, 0.3) is 0 Å². The Kier molecular flexibility index (Phi) is 4.46. The lowest BCUT2D eigenvalue weighted by atomic mass is 9.99. The van der Waals surface area contributed by atoms with Crippen molar-refractivity contribution in [1.29, 1.82) is 0 Å². The van der Waals surface area contributed by atoms with E-state index in [9.17, 15) is 0 Å². The second-order valence-electron chi connectivity index (χ2n) is 6.81. The minimum Gasteiger partial charge on any atom is -0.375 e. The van der Waals surface area contributed by atoms with Crippen LogP contribution in [-0.2, 0) is 11.3 Å². The van der Waals surface area contributed by atoms with Gasteiger partial charge in [-0.3, -0.25) is 9.80 Å². The van der Waals surface area contributed by atoms with Crippen LogP contribution < -0.4 is 0 Å². The van der Waals surface area contributed by atoms with Gasteiger partial charge in [-0.1, -0.05) is 0 Å². The summed E-state index contributed by atoms with van der Waals surface area (Å²) >= 11 is 1.77. The van der Waals surface area contributed by atoms with Gasteiger partial charge in [0.2, 0.25) is 0 Å². The zero-order valence-electron chi connectivity index (χ0n) is 13.4. The summed E-state index contributed by atoms with van der Waals surface area (Å²) in [5.41, 5.74) is 0. The van der Waals surface area contributed by atoms with E-state index in [0.717, 1.165) is 19.7 Å². The molecular weight excluding hydrogens is 296 g/mol. The molecule has 0 N–H and O–H groups in total. The Morgan fingerprint density at radius 2 is 2.14 bits per heavy atom. The smallest absolute Gasteiger partial charge is 0.107 e. The highest BCUT2D eigenvalue weighted by atomic mass is 32.1. The molecule has 4 rings (SSSR count). The largest absolute Gasteiger partial charge is 0.375 e. The summed E-state index contributed by atoms with van der Waals surface area (Å²) in [5, 5.41) is 3.32. The van der Waals surface area contributed by atoms with Crippen molar-refractivity contribution in [3.8, 4) is 0 Å². The molecule has 3 aliphatic heterocycles. The number of hydrogen-bond acceptors (Lipinski definition) is 6. The Bertz CT molecular complexity index is 475. The van der Waals surface area contributed by atoms with Crippen molar-refractivity contribution in [3.63, 3.8) is 0 Å². The van der Waals surface area contributed by atoms with Gasteiger partial charge in [-0.15, -0.1) is 11.3 Å². The Morgan fingerprint density at radius 3 is 2.91 bits per heavy atom. The Labute approximate surface area is 136 Å². The molecule has 4 heterocycles. The summed E-state index contributed by atoms with van der Waals surface area (Å²) < 4.78 is 6.23. The standard InChI is InChI=1S/C16H26N4OS/c1-18-5-7-19(8-6-18)14-11-20(12-15-17-4-10-22-15)13-3-2-9-21-16(13)14/h4,10,13-14,16H,2-3,5-9,11-12H2,1H3/t13-,14-,16+/m1/s1. The van der Waals surface area contributed by atoms with E-state index in [1.165, 1.54) is 44.0 Å². The van der Waals surface area contributed by atoms with Crippen LogP contribution in [0.2, 0.25) is 0 Å². The normalized spacial score (nSPS) is 34.9. The van der Waals surface area contributed by atoms with Gasteiger partial charge < -0.3 is 9.64 Å². The second kappa shape index (κ2) is 6.53. The molecule has 122 valence electrons. The molecule has 3 atom stereocenters. The summed E-state index contributed by atoms with van der Waals surface area (Å²) in [6.45, 7) is 7.79. The summed E-state index contributed by atoms with van der Waals surface area (Å²) in [4.78, 5) is 12.2. The number of hydrogen-bond donors (Lipinski definition) is 0. The molecule has 3 fully saturated rings. The fraction of sp³-hybridized carbons (Fsp3) is 0.812. The van der Waals surface area contributed by atoms with E-state index in [2.05, 4.69) is 32.1 Å². The van der Waals surface area contributed by atoms with Crippen LogP contribution in [0.4, 0.5) is 0 Å². The van der Waals surface area contributed by atoms with Gasteiger partial charge in [-0.2, -0.15) is 0 Å². The third kappa shape index (κ3) is 2.95. The highest BCUT2D eigenvalue weighted by Crippen LogP contribution is 2.33. The van der Waals surface area contributed by atoms with E-state index >= 15 is 0 Å². The van der Waals surface area contributed by atoms with Crippen LogP contribution >= 0.6 is 11.3 Å². The Hall–Kier alpha value is -0.530. The van der Waals surface area contributed by atoms with Crippen LogP contribution in [0.1, 0.15) is 17.8 Å². The number of aromatic nitrogens is 1. The van der Waals surface area contributed by atoms with Gasteiger partial charge >= 0.3 is 0 Å². The molecule has 5 nitrogen and oxygen atoms in total. The monoisotopic (exact) mass is 322 g/mol. The first-order chi connectivity index (χ1) is 10.8. The first-order valence-electron chi connectivity index (χ1n) is 8.48. The van der Waals surface area contributed by atoms with Crippen molar-refractivity contribution < 1.29 is 4.74 Å². The van der Waals surface area contributed by atoms with E-state index in [-0.39, 0.29) is 0 Å². The predicted molar refractivity (Wildman–Crippen MR) is 88.1 cm³/mol. The van der Waals surface area contributed by atoms with Crippen molar-refractivity contribution in [2.75, 3.05) is 46.4 Å². The average Bonchev–Trinajstić information content (AvgIpc) is 3.17. The molecule has 1 aromatic rings. The van der Waals surface area contributed by atoms with Gasteiger partial charge in [0.05, 0.1) is 18.7 Å². The first kappa shape index (κ1) is 15.0. The molecule has 3 aliphatic rings. The van der Waals surface area contributed by atoms with Crippen LogP contribution in [0.15, 0.2) is 11.6 Å². The lowest BCUT2D eigenvalue weighted by molar-refractivity contribution is -0.0466. The van der Waals surface area contributed by atoms with E-state index in [1.54, 1.807) is 11.3 Å². The van der Waals surface area contributed by atoms with Gasteiger partial charge in [0.15, 0.2) is 0 Å². The zero-order chi connectivity index (χ0) is 14.9. The van der Waals surface area contributed by atoms with Crippen LogP contribution in [-0.4, -0.2) is 84.2 Å². The highest BCUT2D eigenvalue weighted by molar-refractivity contribution is 7.09. The minimum atomic E-state index is 0.400. The number of thiazole rings is 1. The van der Waals surface area contributed by atoms with E-state index in [4.69, 9.17) is 4.74 Å². The summed E-state index contributed by atoms with van der Waals surface area (Å²) in [6, 6.07) is 1.15. The minimum absolute atomic E-state index is 0.400. The number of likely N-dealkylation sites (tertiary alicyclic amines) is 1. The summed E-state index contributed by atoms with van der Waals surface area (Å²) in [6.07, 6.45) is 4.80. The zero-order valence-corrected chi connectivity index (χ0v) is 14.2. The topological polar surface area (TPSA) is 31.8 Å². The lowest BCUT2D eigenvalue weighted by Gasteiger charge is -2.39. The van der Waals surface area contributed by atoms with Crippen molar-refractivity contribution in [3.05, 3.63) is 16.6 Å². The van der Waals surface area contributed by atoms with Gasteiger partial charge in [-0.05, 0) is 19.9 Å². The summed E-state index contributed by atoms with van der Waals surface area (Å²) in [5.74, 6) is 0. The Morgan fingerprint density at radius 1 is 1.27 bits per heavy atom. The average molecular weight is 322 g/mol. The van der Waals surface area contributed by atoms with Crippen molar-refractivity contribution in [2.24, 2.45) is 0 Å². The highest BCUT2D eigenvalue weighted by Gasteiger charge is 2.46. The van der Waals surface area contributed by atoms with Crippen LogP contribution in [0.3, 0.4) is 0 Å². The molecular formula is C16H26N4OS. The maximum atomic E-state index is 6.23. The molecule has 0 aliphatic carbocycles. The fourth-order valence-corrected chi connectivity index (χ4v) is 4.83. The van der Waals surface area contributed by atoms with Gasteiger partial charge in [0, 0.05) is 56.9 Å². The van der Waals surface area contributed by atoms with Crippen LogP contribution in [0.25, 0.3) is 0 Å². The van der Waals surface area contributed by atoms with Crippen molar-refractivity contribution in [1.82, 2.24) is 19.7 Å². The molecule has 0 radical (unpaired) electrons. The lowest BCUT2D eigenvalue weighted by Crippen LogP contribution is -2.54. The second-order valence-corrected chi connectivity index (χ2v) is 7.79. The third-order valence-corrected chi connectivity index (χ3v) is 6.20. The van der Waals surface area contributed by atoms with E-state index in [0.29, 0.717) is 18.2 Å². The molecule has 0 spiro atoms. The SMILES string of the molecule is CN1CCN([C@@H]2CN(Cc3nccs3)[C@@H]3CCCO[C@H]23)CC1. The quantitative estimate of drug-likeness (QED) is 0.833. The fourth-order valence-electron chi connectivity index (χ4n) is 4.19. The molecule has 1 aromatic heterocycles. The van der Waals surface area contributed by atoms with Crippen LogP contribution in [0, 0.1) is 0 Å². The molecule has 6 heteroatoms. The Balaban J connectivity index is 1.47. The van der Waals surface area contributed by atoms with Crippen molar-refractivity contribution >= 4 is 11.3 Å². The van der Waals surface area contributed by atoms with E-state index in [1.807, 2.05) is 6.20 Å². The van der Waals surface area contributed by atoms with Crippen molar-refractivity contribution in [2.45, 2.75) is 37.6 Å². The molecule has 0 amide bonds. The predicted octanol–water partition coefficient (Wildman–Crippen LogP) is 1.12. The van der Waals surface area contributed by atoms with Gasteiger partial charge in [-0.25, -0.2) is 4.98 Å². The summed E-state index contributed by atoms with van der Waals surface area (Å²) in [7, 11) is 2.22. The first-order valence-corrected chi connectivity index (χ1v) is 9.36. The van der Waals surface area contributed by atoms with Gasteiger partial charge in [0.1, 0.15) is 5.01 Å². The number of piperazine rings is 1. The maximum absolute atomic E-state index is 6.23. The number of rotatable bonds is 3.